The van der Waals surface area contributed by atoms with Gasteiger partial charge in [-0.1, -0.05) is 22.9 Å². The van der Waals surface area contributed by atoms with Crippen molar-refractivity contribution in [2.45, 2.75) is 13.3 Å². The molecule has 0 aliphatic heterocycles. The van der Waals surface area contributed by atoms with Crippen LogP contribution in [0.5, 0.6) is 0 Å². The minimum Gasteiger partial charge on any atom is -0.340 e. The number of anilines is 3. The van der Waals surface area contributed by atoms with E-state index in [1.165, 1.54) is 0 Å². The molecule has 0 fully saturated rings. The van der Waals surface area contributed by atoms with Gasteiger partial charge in [0.25, 0.3) is 0 Å². The van der Waals surface area contributed by atoms with Crippen molar-refractivity contribution in [1.82, 2.24) is 9.97 Å². The third kappa shape index (κ3) is 3.18. The molecule has 18 heavy (non-hydrogen) atoms. The predicted molar refractivity (Wildman–Crippen MR) is 76.6 cm³/mol. The normalized spacial score (nSPS) is 10.2. The summed E-state index contributed by atoms with van der Waals surface area (Å²) < 4.78 is 1.04. The van der Waals surface area contributed by atoms with Crippen LogP contribution in [0.2, 0.25) is 0 Å². The highest BCUT2D eigenvalue weighted by Crippen LogP contribution is 2.19. The van der Waals surface area contributed by atoms with Crippen LogP contribution in [0.4, 0.5) is 17.3 Å². The van der Waals surface area contributed by atoms with Gasteiger partial charge in [-0.15, -0.1) is 0 Å². The molecule has 0 spiro atoms. The smallest absolute Gasteiger partial charge is 0.145 e. The summed E-state index contributed by atoms with van der Waals surface area (Å²) in [6.45, 7) is 2.00. The summed E-state index contributed by atoms with van der Waals surface area (Å²) >= 11 is 3.40. The summed E-state index contributed by atoms with van der Waals surface area (Å²) in [6, 6.07) is 9.63. The van der Waals surface area contributed by atoms with Gasteiger partial charge in [-0.25, -0.2) is 15.8 Å². The molecule has 0 aliphatic rings. The highest BCUT2D eigenvalue weighted by Gasteiger charge is 2.03. The summed E-state index contributed by atoms with van der Waals surface area (Å²) in [4.78, 5) is 8.62. The summed E-state index contributed by atoms with van der Waals surface area (Å²) in [6.07, 6.45) is 0.755. The fourth-order valence-corrected chi connectivity index (χ4v) is 1.74. The molecule has 0 aliphatic carbocycles. The Kier molecular flexibility index (Phi) is 4.11. The van der Waals surface area contributed by atoms with E-state index in [4.69, 9.17) is 5.84 Å². The van der Waals surface area contributed by atoms with Gasteiger partial charge in [-0.3, -0.25) is 0 Å². The zero-order chi connectivity index (χ0) is 13.0. The largest absolute Gasteiger partial charge is 0.340 e. The van der Waals surface area contributed by atoms with E-state index in [-0.39, 0.29) is 0 Å². The second-order valence-electron chi connectivity index (χ2n) is 3.68. The topological polar surface area (TPSA) is 75.9 Å². The Morgan fingerprint density at radius 2 is 1.83 bits per heavy atom. The number of hydrogen-bond acceptors (Lipinski definition) is 5. The second kappa shape index (κ2) is 5.79. The average Bonchev–Trinajstić information content (AvgIpc) is 2.41. The Hall–Kier alpha value is -1.66. The molecule has 5 nitrogen and oxygen atoms in total. The van der Waals surface area contributed by atoms with E-state index in [0.29, 0.717) is 5.82 Å². The lowest BCUT2D eigenvalue weighted by molar-refractivity contribution is 0.941. The number of aromatic nitrogens is 2. The first-order valence-corrected chi connectivity index (χ1v) is 6.37. The van der Waals surface area contributed by atoms with Crippen molar-refractivity contribution in [3.8, 4) is 0 Å². The van der Waals surface area contributed by atoms with Crippen LogP contribution in [-0.2, 0) is 6.42 Å². The molecule has 0 amide bonds. The summed E-state index contributed by atoms with van der Waals surface area (Å²) in [5.74, 6) is 7.44. The molecule has 1 aromatic carbocycles. The van der Waals surface area contributed by atoms with Crippen molar-refractivity contribution >= 4 is 33.3 Å². The van der Waals surface area contributed by atoms with E-state index < -0.39 is 0 Å². The number of nitrogens with zero attached hydrogens (tertiary/aromatic N) is 2. The third-order valence-corrected chi connectivity index (χ3v) is 2.88. The lowest BCUT2D eigenvalue weighted by Gasteiger charge is -2.09. The molecule has 0 radical (unpaired) electrons. The number of hydrazine groups is 1. The van der Waals surface area contributed by atoms with Crippen molar-refractivity contribution in [3.05, 3.63) is 40.6 Å². The van der Waals surface area contributed by atoms with E-state index in [1.54, 1.807) is 6.07 Å². The van der Waals surface area contributed by atoms with Gasteiger partial charge < -0.3 is 10.7 Å². The minimum atomic E-state index is 0.599. The molecule has 4 N–H and O–H groups in total. The maximum atomic E-state index is 5.38. The number of rotatable bonds is 4. The first-order valence-electron chi connectivity index (χ1n) is 5.58. The van der Waals surface area contributed by atoms with Gasteiger partial charge in [0, 0.05) is 22.6 Å². The van der Waals surface area contributed by atoms with Crippen molar-refractivity contribution in [2.75, 3.05) is 10.7 Å². The minimum absolute atomic E-state index is 0.599. The molecule has 6 heteroatoms. The lowest BCUT2D eigenvalue weighted by Crippen LogP contribution is -2.11. The Morgan fingerprint density at radius 1 is 1.17 bits per heavy atom. The predicted octanol–water partition coefficient (Wildman–Crippen LogP) is 2.83. The van der Waals surface area contributed by atoms with Gasteiger partial charge in [-0.05, 0) is 24.3 Å². The van der Waals surface area contributed by atoms with Crippen LogP contribution in [-0.4, -0.2) is 9.97 Å². The van der Waals surface area contributed by atoms with Gasteiger partial charge in [-0.2, -0.15) is 0 Å². The van der Waals surface area contributed by atoms with E-state index in [0.717, 1.165) is 28.2 Å². The van der Waals surface area contributed by atoms with Crippen LogP contribution in [0.1, 0.15) is 12.7 Å². The molecule has 0 bridgehead atoms. The first-order chi connectivity index (χ1) is 8.71. The molecule has 94 valence electrons. The molecule has 0 saturated heterocycles. The summed E-state index contributed by atoms with van der Waals surface area (Å²) in [5, 5.41) is 3.21. The van der Waals surface area contributed by atoms with E-state index in [1.807, 2.05) is 31.2 Å². The van der Waals surface area contributed by atoms with Crippen molar-refractivity contribution in [1.29, 1.82) is 0 Å². The number of nitrogens with two attached hydrogens (primary N) is 1. The third-order valence-electron chi connectivity index (χ3n) is 2.35. The highest BCUT2D eigenvalue weighted by atomic mass is 79.9. The SMILES string of the molecule is CCc1nc(NN)cc(Nc2ccc(Br)cc2)n1. The van der Waals surface area contributed by atoms with Gasteiger partial charge in [0.15, 0.2) is 0 Å². The maximum Gasteiger partial charge on any atom is 0.145 e. The highest BCUT2D eigenvalue weighted by molar-refractivity contribution is 9.10. The Labute approximate surface area is 114 Å². The van der Waals surface area contributed by atoms with Crippen molar-refractivity contribution in [2.24, 2.45) is 5.84 Å². The number of aryl methyl sites for hydroxylation is 1. The Morgan fingerprint density at radius 3 is 2.44 bits per heavy atom. The van der Waals surface area contributed by atoms with E-state index >= 15 is 0 Å². The molecule has 2 rings (SSSR count). The van der Waals surface area contributed by atoms with Crippen LogP contribution in [0.25, 0.3) is 0 Å². The van der Waals surface area contributed by atoms with Gasteiger partial charge in [0.1, 0.15) is 17.5 Å². The molecular weight excluding hydrogens is 294 g/mol. The molecular formula is C12H14BrN5. The van der Waals surface area contributed by atoms with Gasteiger partial charge in [0.2, 0.25) is 0 Å². The Balaban J connectivity index is 2.25. The van der Waals surface area contributed by atoms with Crippen LogP contribution >= 0.6 is 15.9 Å². The number of nitrogens with one attached hydrogen (secondary N) is 2. The summed E-state index contributed by atoms with van der Waals surface area (Å²) in [5.41, 5.74) is 3.50. The zero-order valence-electron chi connectivity index (χ0n) is 9.94. The van der Waals surface area contributed by atoms with E-state index in [2.05, 4.69) is 36.6 Å². The van der Waals surface area contributed by atoms with Crippen LogP contribution in [0.3, 0.4) is 0 Å². The number of benzene rings is 1. The number of nitrogen functional groups attached to an aromatic ring is 1. The summed E-state index contributed by atoms with van der Waals surface area (Å²) in [7, 11) is 0. The quantitative estimate of drug-likeness (QED) is 0.598. The second-order valence-corrected chi connectivity index (χ2v) is 4.60. The number of halogens is 1. The molecule has 0 saturated carbocycles. The zero-order valence-corrected chi connectivity index (χ0v) is 11.5. The van der Waals surface area contributed by atoms with Crippen molar-refractivity contribution < 1.29 is 0 Å². The lowest BCUT2D eigenvalue weighted by atomic mass is 10.3. The standard InChI is InChI=1S/C12H14BrN5/c1-2-10-16-11(7-12(17-10)18-14)15-9-5-3-8(13)4-6-9/h3-7H,2,14H2,1H3,(H2,15,16,17,18). The average molecular weight is 308 g/mol. The molecule has 1 heterocycles. The molecule has 1 aromatic heterocycles. The fraction of sp³-hybridized carbons (Fsp3) is 0.167. The van der Waals surface area contributed by atoms with Crippen LogP contribution in [0.15, 0.2) is 34.8 Å². The van der Waals surface area contributed by atoms with Gasteiger partial charge in [0.05, 0.1) is 0 Å². The molecule has 2 aromatic rings. The van der Waals surface area contributed by atoms with Crippen LogP contribution in [0, 0.1) is 0 Å². The van der Waals surface area contributed by atoms with Crippen molar-refractivity contribution in [3.63, 3.8) is 0 Å². The molecule has 0 unspecified atom stereocenters. The molecule has 0 atom stereocenters. The van der Waals surface area contributed by atoms with E-state index in [9.17, 15) is 0 Å². The maximum absolute atomic E-state index is 5.38. The Bertz CT molecular complexity index is 504. The van der Waals surface area contributed by atoms with Crippen LogP contribution < -0.4 is 16.6 Å². The monoisotopic (exact) mass is 307 g/mol. The number of hydrogen-bond donors (Lipinski definition) is 3. The fourth-order valence-electron chi connectivity index (χ4n) is 1.47. The van der Waals surface area contributed by atoms with Gasteiger partial charge >= 0.3 is 0 Å². The first kappa shape index (κ1) is 12.8.